The van der Waals surface area contributed by atoms with Crippen LogP contribution in [-0.4, -0.2) is 27.3 Å². The second-order valence-corrected chi connectivity index (χ2v) is 3.38. The van der Waals surface area contributed by atoms with E-state index in [2.05, 4.69) is 0 Å². The normalized spacial score (nSPS) is 14.6. The monoisotopic (exact) mass is 231 g/mol. The number of benzene rings is 1. The SMILES string of the molecule is NC(=O)C(O)C(O)c1cccc(Cl)c1O. The minimum Gasteiger partial charge on any atom is -0.506 e. The van der Waals surface area contributed by atoms with Gasteiger partial charge in [0.15, 0.2) is 6.10 Å². The highest BCUT2D eigenvalue weighted by Gasteiger charge is 2.26. The van der Waals surface area contributed by atoms with Crippen LogP contribution in [-0.2, 0) is 4.79 Å². The second-order valence-electron chi connectivity index (χ2n) is 2.97. The fourth-order valence-corrected chi connectivity index (χ4v) is 1.28. The summed E-state index contributed by atoms with van der Waals surface area (Å²) in [7, 11) is 0. The number of aliphatic hydroxyl groups excluding tert-OH is 2. The number of rotatable bonds is 3. The first-order valence-electron chi connectivity index (χ1n) is 4.08. The highest BCUT2D eigenvalue weighted by atomic mass is 35.5. The predicted octanol–water partition coefficient (Wildman–Crippen LogP) is -0.0748. The Morgan fingerprint density at radius 2 is 2.00 bits per heavy atom. The summed E-state index contributed by atoms with van der Waals surface area (Å²) in [5.74, 6) is -1.46. The van der Waals surface area contributed by atoms with E-state index >= 15 is 0 Å². The van der Waals surface area contributed by atoms with Gasteiger partial charge < -0.3 is 21.1 Å². The lowest BCUT2D eigenvalue weighted by Crippen LogP contribution is -2.33. The zero-order chi connectivity index (χ0) is 11.6. The molecule has 6 heteroatoms. The van der Waals surface area contributed by atoms with E-state index in [4.69, 9.17) is 17.3 Å². The zero-order valence-corrected chi connectivity index (χ0v) is 8.35. The van der Waals surface area contributed by atoms with Crippen molar-refractivity contribution in [2.45, 2.75) is 12.2 Å². The summed E-state index contributed by atoms with van der Waals surface area (Å²) in [6, 6.07) is 4.20. The van der Waals surface area contributed by atoms with Gasteiger partial charge >= 0.3 is 0 Å². The third-order valence-electron chi connectivity index (χ3n) is 1.93. The van der Waals surface area contributed by atoms with Gasteiger partial charge in [0, 0.05) is 5.56 Å². The molecule has 1 amide bonds. The van der Waals surface area contributed by atoms with E-state index in [1.807, 2.05) is 0 Å². The van der Waals surface area contributed by atoms with Crippen LogP contribution in [0.1, 0.15) is 11.7 Å². The highest BCUT2D eigenvalue weighted by molar-refractivity contribution is 6.32. The molecule has 0 aliphatic carbocycles. The number of carbonyl (C=O) groups excluding carboxylic acids is 1. The molecule has 82 valence electrons. The Kier molecular flexibility index (Phi) is 3.52. The molecule has 1 aromatic rings. The van der Waals surface area contributed by atoms with Crippen LogP contribution in [0, 0.1) is 0 Å². The van der Waals surface area contributed by atoms with Crippen molar-refractivity contribution in [2.24, 2.45) is 5.73 Å². The average Bonchev–Trinajstić information content (AvgIpc) is 2.20. The number of primary amides is 1. The van der Waals surface area contributed by atoms with E-state index in [9.17, 15) is 20.1 Å². The third kappa shape index (κ3) is 2.38. The number of hydrogen-bond donors (Lipinski definition) is 4. The summed E-state index contributed by atoms with van der Waals surface area (Å²) in [5, 5.41) is 28.1. The fourth-order valence-electron chi connectivity index (χ4n) is 1.10. The van der Waals surface area contributed by atoms with Crippen molar-refractivity contribution in [2.75, 3.05) is 0 Å². The van der Waals surface area contributed by atoms with E-state index in [-0.39, 0.29) is 16.3 Å². The molecule has 0 saturated heterocycles. The molecule has 5 nitrogen and oxygen atoms in total. The number of phenolic OH excluding ortho intramolecular Hbond substituents is 1. The van der Waals surface area contributed by atoms with Crippen LogP contribution in [0.15, 0.2) is 18.2 Å². The van der Waals surface area contributed by atoms with Gasteiger partial charge in [-0.3, -0.25) is 4.79 Å². The highest BCUT2D eigenvalue weighted by Crippen LogP contribution is 2.32. The lowest BCUT2D eigenvalue weighted by molar-refractivity contribution is -0.132. The van der Waals surface area contributed by atoms with E-state index in [1.165, 1.54) is 18.2 Å². The molecule has 0 aliphatic rings. The molecular weight excluding hydrogens is 222 g/mol. The van der Waals surface area contributed by atoms with Crippen LogP contribution in [0.4, 0.5) is 0 Å². The summed E-state index contributed by atoms with van der Waals surface area (Å²) in [4.78, 5) is 10.6. The van der Waals surface area contributed by atoms with Crippen LogP contribution < -0.4 is 5.73 Å². The molecule has 15 heavy (non-hydrogen) atoms. The van der Waals surface area contributed by atoms with Crippen molar-refractivity contribution < 1.29 is 20.1 Å². The smallest absolute Gasteiger partial charge is 0.249 e. The molecule has 0 heterocycles. The quantitative estimate of drug-likeness (QED) is 0.584. The molecule has 1 rings (SSSR count). The van der Waals surface area contributed by atoms with Gasteiger partial charge in [0.1, 0.15) is 11.9 Å². The Morgan fingerprint density at radius 3 is 2.53 bits per heavy atom. The molecular formula is C9H10ClNO4. The first-order chi connectivity index (χ1) is 6.95. The van der Waals surface area contributed by atoms with E-state index in [0.717, 1.165) is 0 Å². The molecule has 5 N–H and O–H groups in total. The van der Waals surface area contributed by atoms with Gasteiger partial charge in [0.2, 0.25) is 5.91 Å². The van der Waals surface area contributed by atoms with E-state index in [0.29, 0.717) is 0 Å². The second kappa shape index (κ2) is 4.48. The number of aromatic hydroxyl groups is 1. The minimum atomic E-state index is -1.78. The zero-order valence-electron chi connectivity index (χ0n) is 7.59. The first kappa shape index (κ1) is 11.8. The lowest BCUT2D eigenvalue weighted by atomic mass is 10.0. The summed E-state index contributed by atoms with van der Waals surface area (Å²) >= 11 is 5.58. The molecule has 2 atom stereocenters. The number of para-hydroxylation sites is 1. The van der Waals surface area contributed by atoms with Gasteiger partial charge in [-0.05, 0) is 6.07 Å². The Hall–Kier alpha value is -1.30. The third-order valence-corrected chi connectivity index (χ3v) is 2.23. The Morgan fingerprint density at radius 1 is 1.40 bits per heavy atom. The van der Waals surface area contributed by atoms with Crippen molar-refractivity contribution in [1.82, 2.24) is 0 Å². The number of phenols is 1. The summed E-state index contributed by atoms with van der Waals surface area (Å²) < 4.78 is 0. The lowest BCUT2D eigenvalue weighted by Gasteiger charge is -2.16. The standard InChI is InChI=1S/C9H10ClNO4/c10-5-3-1-2-4(6(5)12)7(13)8(14)9(11)15/h1-3,7-8,12-14H,(H2,11,15). The Bertz CT molecular complexity index is 382. The molecule has 0 bridgehead atoms. The Labute approximate surface area is 90.7 Å². The van der Waals surface area contributed by atoms with Crippen molar-refractivity contribution in [3.05, 3.63) is 28.8 Å². The summed E-state index contributed by atoms with van der Waals surface area (Å²) in [5.41, 5.74) is 4.75. The largest absolute Gasteiger partial charge is 0.506 e. The van der Waals surface area contributed by atoms with Crippen molar-refractivity contribution in [1.29, 1.82) is 0 Å². The molecule has 1 aromatic carbocycles. The molecule has 0 fully saturated rings. The summed E-state index contributed by atoms with van der Waals surface area (Å²) in [6.07, 6.45) is -3.38. The van der Waals surface area contributed by atoms with Crippen molar-refractivity contribution in [3.63, 3.8) is 0 Å². The van der Waals surface area contributed by atoms with Crippen molar-refractivity contribution >= 4 is 17.5 Å². The Balaban J connectivity index is 3.06. The van der Waals surface area contributed by atoms with Crippen LogP contribution in [0.5, 0.6) is 5.75 Å². The van der Waals surface area contributed by atoms with Gasteiger partial charge in [-0.2, -0.15) is 0 Å². The molecule has 0 aromatic heterocycles. The molecule has 0 radical (unpaired) electrons. The maximum absolute atomic E-state index is 10.6. The van der Waals surface area contributed by atoms with Crippen LogP contribution in [0.2, 0.25) is 5.02 Å². The van der Waals surface area contributed by atoms with Crippen LogP contribution >= 0.6 is 11.6 Å². The number of hydrogen-bond acceptors (Lipinski definition) is 4. The van der Waals surface area contributed by atoms with E-state index in [1.54, 1.807) is 0 Å². The average molecular weight is 232 g/mol. The molecule has 0 aliphatic heterocycles. The van der Waals surface area contributed by atoms with Gasteiger partial charge in [0.05, 0.1) is 5.02 Å². The number of nitrogens with two attached hydrogens (primary N) is 1. The number of aliphatic hydroxyl groups is 2. The fraction of sp³-hybridized carbons (Fsp3) is 0.222. The minimum absolute atomic E-state index is 0.0169. The van der Waals surface area contributed by atoms with E-state index < -0.39 is 18.1 Å². The molecule has 0 saturated carbocycles. The van der Waals surface area contributed by atoms with Gasteiger partial charge in [-0.1, -0.05) is 23.7 Å². The maximum Gasteiger partial charge on any atom is 0.249 e. The van der Waals surface area contributed by atoms with Crippen LogP contribution in [0.25, 0.3) is 0 Å². The maximum atomic E-state index is 10.6. The van der Waals surface area contributed by atoms with Gasteiger partial charge in [0.25, 0.3) is 0 Å². The topological polar surface area (TPSA) is 104 Å². The number of carbonyl (C=O) groups is 1. The molecule has 0 spiro atoms. The summed E-state index contributed by atoms with van der Waals surface area (Å²) in [6.45, 7) is 0. The number of amides is 1. The van der Waals surface area contributed by atoms with Gasteiger partial charge in [-0.25, -0.2) is 0 Å². The van der Waals surface area contributed by atoms with Gasteiger partial charge in [-0.15, -0.1) is 0 Å². The molecule has 2 unspecified atom stereocenters. The first-order valence-corrected chi connectivity index (χ1v) is 4.45. The predicted molar refractivity (Wildman–Crippen MR) is 53.3 cm³/mol. The number of halogens is 1. The van der Waals surface area contributed by atoms with Crippen molar-refractivity contribution in [3.8, 4) is 5.75 Å². The van der Waals surface area contributed by atoms with Crippen LogP contribution in [0.3, 0.4) is 0 Å².